The minimum absolute atomic E-state index is 0.0151. The first-order valence-corrected chi connectivity index (χ1v) is 22.6. The van der Waals surface area contributed by atoms with E-state index < -0.39 is 46.2 Å². The lowest BCUT2D eigenvalue weighted by Crippen LogP contribution is -2.59. The third-order valence-corrected chi connectivity index (χ3v) is 7.63. The molecule has 0 unspecified atom stereocenters. The number of amides is 1. The number of hydrogen-bond acceptors (Lipinski definition) is 19. The predicted octanol–water partition coefficient (Wildman–Crippen LogP) is 3.92. The molecular weight excluding hydrogens is 872 g/mol. The second-order valence-corrected chi connectivity index (χ2v) is 17.6. The van der Waals surface area contributed by atoms with E-state index in [-0.39, 0.29) is 85.1 Å². The smallest absolute Gasteiger partial charge is 0.308 e. The van der Waals surface area contributed by atoms with Gasteiger partial charge in [0.05, 0.1) is 165 Å². The van der Waals surface area contributed by atoms with Crippen LogP contribution in [0, 0.1) is 0 Å². The van der Waals surface area contributed by atoms with Crippen LogP contribution in [0.1, 0.15) is 88.0 Å². The van der Waals surface area contributed by atoms with Crippen molar-refractivity contribution in [2.24, 2.45) is 5.11 Å². The molecular formula is C44H82N4O18. The van der Waals surface area contributed by atoms with E-state index in [9.17, 15) is 19.2 Å². The standard InChI is InChI=1S/C44H82N4O18/c1-41(2,3)64-38(50)11-16-61-34-44(35-62-17-12-39(51)65-42(4,5)6,36-63-18-13-40(52)66-43(7,8)9)47-37(49)10-15-53-20-22-55-24-26-57-28-30-59-32-33-60-31-29-58-27-25-56-23-21-54-19-14-46-48-45/h10-36H2,1-9H3,(H,47,49). The maximum absolute atomic E-state index is 13.3. The molecule has 0 rings (SSSR count). The lowest BCUT2D eigenvalue weighted by molar-refractivity contribution is -0.157. The normalized spacial score (nSPS) is 12.1. The van der Waals surface area contributed by atoms with Crippen molar-refractivity contribution >= 4 is 23.8 Å². The van der Waals surface area contributed by atoms with Gasteiger partial charge in [0.1, 0.15) is 22.3 Å². The molecule has 22 heteroatoms. The highest BCUT2D eigenvalue weighted by molar-refractivity contribution is 5.77. The summed E-state index contributed by atoms with van der Waals surface area (Å²) >= 11 is 0. The van der Waals surface area contributed by atoms with Gasteiger partial charge in [-0.15, -0.1) is 0 Å². The molecule has 0 aromatic heterocycles. The average molecular weight is 955 g/mol. The summed E-state index contributed by atoms with van der Waals surface area (Å²) in [6.07, 6.45) is -0.125. The van der Waals surface area contributed by atoms with Crippen molar-refractivity contribution < 1.29 is 85.5 Å². The second-order valence-electron chi connectivity index (χ2n) is 17.6. The molecule has 66 heavy (non-hydrogen) atoms. The molecule has 0 aliphatic rings. The van der Waals surface area contributed by atoms with Crippen molar-refractivity contribution in [1.29, 1.82) is 0 Å². The molecule has 1 amide bonds. The SMILES string of the molecule is CC(C)(C)OC(=O)CCOCC(COCCC(=O)OC(C)(C)C)(COCCC(=O)OC(C)(C)C)NC(=O)CCOCCOCCOCCOCCOCCOCCOCCOCCN=[N+]=[N-]. The summed E-state index contributed by atoms with van der Waals surface area (Å²) < 4.78 is 77.5. The van der Waals surface area contributed by atoms with E-state index in [1.807, 2.05) is 0 Å². The van der Waals surface area contributed by atoms with Gasteiger partial charge in [-0.2, -0.15) is 0 Å². The second kappa shape index (κ2) is 38.7. The lowest BCUT2D eigenvalue weighted by atomic mass is 10.0. The van der Waals surface area contributed by atoms with Crippen LogP contribution < -0.4 is 5.32 Å². The molecule has 0 aliphatic heterocycles. The number of carbonyl (C=O) groups is 4. The summed E-state index contributed by atoms with van der Waals surface area (Å²) in [7, 11) is 0. The van der Waals surface area contributed by atoms with E-state index in [1.165, 1.54) is 0 Å². The largest absolute Gasteiger partial charge is 0.460 e. The molecule has 22 nitrogen and oxygen atoms in total. The highest BCUT2D eigenvalue weighted by Gasteiger charge is 2.34. The molecule has 0 aromatic carbocycles. The summed E-state index contributed by atoms with van der Waals surface area (Å²) in [4.78, 5) is 53.0. The van der Waals surface area contributed by atoms with Crippen LogP contribution in [0.4, 0.5) is 0 Å². The molecule has 0 saturated heterocycles. The highest BCUT2D eigenvalue weighted by atomic mass is 16.6. The summed E-state index contributed by atoms with van der Waals surface area (Å²) in [6, 6.07) is 0. The Kier molecular flexibility index (Phi) is 36.8. The molecule has 0 atom stereocenters. The van der Waals surface area contributed by atoms with Gasteiger partial charge < -0.3 is 71.6 Å². The monoisotopic (exact) mass is 955 g/mol. The number of hydrogen-bond donors (Lipinski definition) is 1. The third-order valence-electron chi connectivity index (χ3n) is 7.63. The fourth-order valence-corrected chi connectivity index (χ4v) is 4.99. The number of nitrogens with one attached hydrogen (secondary N) is 1. The van der Waals surface area contributed by atoms with Crippen molar-refractivity contribution in [3.05, 3.63) is 10.4 Å². The van der Waals surface area contributed by atoms with Crippen molar-refractivity contribution in [1.82, 2.24) is 5.32 Å². The molecule has 0 heterocycles. The lowest BCUT2D eigenvalue weighted by Gasteiger charge is -2.34. The van der Waals surface area contributed by atoms with E-state index in [0.717, 1.165) is 0 Å². The van der Waals surface area contributed by atoms with Crippen molar-refractivity contribution in [2.75, 3.05) is 152 Å². The first-order valence-electron chi connectivity index (χ1n) is 22.6. The van der Waals surface area contributed by atoms with E-state index in [2.05, 4.69) is 15.3 Å². The Morgan fingerprint density at radius 2 is 0.652 bits per heavy atom. The van der Waals surface area contributed by atoms with E-state index in [1.54, 1.807) is 62.3 Å². The van der Waals surface area contributed by atoms with Gasteiger partial charge >= 0.3 is 17.9 Å². The van der Waals surface area contributed by atoms with Crippen LogP contribution in [0.25, 0.3) is 10.4 Å². The van der Waals surface area contributed by atoms with Crippen molar-refractivity contribution in [2.45, 2.75) is 110 Å². The molecule has 0 fully saturated rings. The van der Waals surface area contributed by atoms with Crippen LogP contribution in [0.2, 0.25) is 0 Å². The topological polar surface area (TPSA) is 258 Å². The van der Waals surface area contributed by atoms with Gasteiger partial charge in [0.15, 0.2) is 0 Å². The molecule has 0 aliphatic carbocycles. The molecule has 386 valence electrons. The number of rotatable bonds is 43. The van der Waals surface area contributed by atoms with Crippen LogP contribution in [-0.2, 0) is 85.5 Å². The zero-order valence-electron chi connectivity index (χ0n) is 41.3. The Bertz CT molecular complexity index is 1230. The van der Waals surface area contributed by atoms with E-state index in [0.29, 0.717) is 92.4 Å². The van der Waals surface area contributed by atoms with Crippen LogP contribution >= 0.6 is 0 Å². The first-order chi connectivity index (χ1) is 31.3. The number of azide groups is 1. The van der Waals surface area contributed by atoms with Gasteiger partial charge in [-0.05, 0) is 67.8 Å². The van der Waals surface area contributed by atoms with Crippen LogP contribution in [-0.4, -0.2) is 198 Å². The van der Waals surface area contributed by atoms with Crippen LogP contribution in [0.15, 0.2) is 5.11 Å². The van der Waals surface area contributed by atoms with Gasteiger partial charge in [0.2, 0.25) is 5.91 Å². The summed E-state index contributed by atoms with van der Waals surface area (Å²) in [5.74, 6) is -1.74. The molecule has 0 saturated carbocycles. The summed E-state index contributed by atoms with van der Waals surface area (Å²) in [5, 5.41) is 6.33. The number of esters is 3. The minimum atomic E-state index is -1.28. The molecule has 0 bridgehead atoms. The van der Waals surface area contributed by atoms with Crippen LogP contribution in [0.5, 0.6) is 0 Å². The fourth-order valence-electron chi connectivity index (χ4n) is 4.99. The molecule has 0 spiro atoms. The maximum atomic E-state index is 13.3. The first kappa shape index (κ1) is 62.8. The average Bonchev–Trinajstić information content (AvgIpc) is 3.20. The van der Waals surface area contributed by atoms with Gasteiger partial charge in [0, 0.05) is 17.9 Å². The van der Waals surface area contributed by atoms with Gasteiger partial charge in [0.25, 0.3) is 0 Å². The minimum Gasteiger partial charge on any atom is -0.460 e. The summed E-state index contributed by atoms with van der Waals surface area (Å²) in [6.45, 7) is 21.8. The fraction of sp³-hybridized carbons (Fsp3) is 0.909. The number of nitrogens with zero attached hydrogens (tertiary/aromatic N) is 3. The highest BCUT2D eigenvalue weighted by Crippen LogP contribution is 2.14. The Hall–Kier alpha value is -3.25. The Morgan fingerprint density at radius 3 is 0.924 bits per heavy atom. The van der Waals surface area contributed by atoms with Crippen molar-refractivity contribution in [3.63, 3.8) is 0 Å². The quantitative estimate of drug-likeness (QED) is 0.0227. The summed E-state index contributed by atoms with van der Waals surface area (Å²) in [5.41, 5.74) is 4.91. The van der Waals surface area contributed by atoms with Crippen LogP contribution in [0.3, 0.4) is 0 Å². The predicted molar refractivity (Wildman–Crippen MR) is 240 cm³/mol. The van der Waals surface area contributed by atoms with Crippen molar-refractivity contribution in [3.8, 4) is 0 Å². The van der Waals surface area contributed by atoms with E-state index in [4.69, 9.17) is 71.8 Å². The number of ether oxygens (including phenoxy) is 14. The molecule has 0 radical (unpaired) electrons. The zero-order valence-corrected chi connectivity index (χ0v) is 41.3. The van der Waals surface area contributed by atoms with Gasteiger partial charge in [-0.1, -0.05) is 5.11 Å². The van der Waals surface area contributed by atoms with E-state index >= 15 is 0 Å². The Labute approximate surface area is 391 Å². The van der Waals surface area contributed by atoms with Gasteiger partial charge in [-0.25, -0.2) is 0 Å². The maximum Gasteiger partial charge on any atom is 0.308 e. The Morgan fingerprint density at radius 1 is 0.394 bits per heavy atom. The number of carbonyl (C=O) groups excluding carboxylic acids is 4. The molecule has 1 N–H and O–H groups in total. The Balaban J connectivity index is 4.64. The van der Waals surface area contributed by atoms with Gasteiger partial charge in [-0.3, -0.25) is 19.2 Å². The molecule has 0 aromatic rings. The zero-order chi connectivity index (χ0) is 49.4. The third kappa shape index (κ3) is 44.6.